The van der Waals surface area contributed by atoms with Crippen LogP contribution < -0.4 is 4.90 Å². The molecule has 0 spiro atoms. The van der Waals surface area contributed by atoms with E-state index in [0.717, 1.165) is 24.3 Å². The fourth-order valence-electron chi connectivity index (χ4n) is 2.02. The van der Waals surface area contributed by atoms with Crippen LogP contribution in [0, 0.1) is 0 Å². The molecule has 0 N–H and O–H groups in total. The summed E-state index contributed by atoms with van der Waals surface area (Å²) < 4.78 is 22.0. The lowest BCUT2D eigenvalue weighted by atomic mass is 10.2. The van der Waals surface area contributed by atoms with Crippen LogP contribution in [0.1, 0.15) is 18.4 Å². The molecule has 0 atom stereocenters. The highest BCUT2D eigenvalue weighted by atomic mass is 35.7. The third kappa shape index (κ3) is 3.12. The van der Waals surface area contributed by atoms with Gasteiger partial charge in [0.1, 0.15) is 0 Å². The molecule has 1 aromatic rings. The van der Waals surface area contributed by atoms with Gasteiger partial charge in [0.25, 0.3) is 0 Å². The first-order chi connectivity index (χ1) is 7.54. The average molecular weight is 260 g/mol. The number of rotatable bonds is 3. The Balaban J connectivity index is 2.19. The van der Waals surface area contributed by atoms with Crippen molar-refractivity contribution in [3.63, 3.8) is 0 Å². The van der Waals surface area contributed by atoms with Crippen LogP contribution in [0.25, 0.3) is 0 Å². The monoisotopic (exact) mass is 259 g/mol. The second-order valence-corrected chi connectivity index (χ2v) is 6.82. The molecule has 88 valence electrons. The fraction of sp³-hybridized carbons (Fsp3) is 0.455. The first kappa shape index (κ1) is 11.7. The van der Waals surface area contributed by atoms with E-state index in [4.69, 9.17) is 10.7 Å². The van der Waals surface area contributed by atoms with Crippen LogP contribution in [0.3, 0.4) is 0 Å². The van der Waals surface area contributed by atoms with Crippen molar-refractivity contribution < 1.29 is 8.42 Å². The van der Waals surface area contributed by atoms with Gasteiger partial charge in [-0.1, -0.05) is 12.1 Å². The highest BCUT2D eigenvalue weighted by Crippen LogP contribution is 2.22. The maximum atomic E-state index is 11.0. The quantitative estimate of drug-likeness (QED) is 0.782. The minimum atomic E-state index is -3.46. The number of benzene rings is 1. The zero-order chi connectivity index (χ0) is 11.6. The van der Waals surface area contributed by atoms with E-state index in [-0.39, 0.29) is 5.75 Å². The second kappa shape index (κ2) is 4.63. The van der Waals surface area contributed by atoms with Gasteiger partial charge in [-0.3, -0.25) is 0 Å². The Bertz CT molecular complexity index is 467. The topological polar surface area (TPSA) is 37.4 Å². The Morgan fingerprint density at radius 3 is 2.56 bits per heavy atom. The number of hydrogen-bond acceptors (Lipinski definition) is 3. The lowest BCUT2D eigenvalue weighted by molar-refractivity contribution is 0.609. The lowest BCUT2D eigenvalue weighted by Crippen LogP contribution is -2.17. The summed E-state index contributed by atoms with van der Waals surface area (Å²) in [6.45, 7) is 2.11. The van der Waals surface area contributed by atoms with Crippen molar-refractivity contribution in [2.75, 3.05) is 18.0 Å². The molecule has 1 aliphatic rings. The molecule has 1 aliphatic heterocycles. The molecule has 0 aliphatic carbocycles. The molecule has 0 amide bonds. The van der Waals surface area contributed by atoms with Crippen molar-refractivity contribution in [2.45, 2.75) is 18.6 Å². The van der Waals surface area contributed by atoms with Crippen LogP contribution in [0.5, 0.6) is 0 Å². The van der Waals surface area contributed by atoms with Gasteiger partial charge >= 0.3 is 0 Å². The van der Waals surface area contributed by atoms with E-state index in [9.17, 15) is 8.42 Å². The Morgan fingerprint density at radius 1 is 1.25 bits per heavy atom. The molecule has 1 heterocycles. The van der Waals surface area contributed by atoms with Crippen LogP contribution in [-0.4, -0.2) is 21.5 Å². The summed E-state index contributed by atoms with van der Waals surface area (Å²) in [6, 6.07) is 7.59. The van der Waals surface area contributed by atoms with Gasteiger partial charge in [-0.05, 0) is 30.5 Å². The average Bonchev–Trinajstić information content (AvgIpc) is 2.68. The van der Waals surface area contributed by atoms with Gasteiger partial charge < -0.3 is 4.90 Å². The van der Waals surface area contributed by atoms with Crippen molar-refractivity contribution in [3.8, 4) is 0 Å². The number of nitrogens with zero attached hydrogens (tertiary/aromatic N) is 1. The van der Waals surface area contributed by atoms with E-state index in [1.807, 2.05) is 18.2 Å². The van der Waals surface area contributed by atoms with E-state index < -0.39 is 9.05 Å². The van der Waals surface area contributed by atoms with E-state index in [1.165, 1.54) is 12.8 Å². The first-order valence-corrected chi connectivity index (χ1v) is 7.79. The van der Waals surface area contributed by atoms with E-state index in [0.29, 0.717) is 0 Å². The van der Waals surface area contributed by atoms with Crippen molar-refractivity contribution in [2.24, 2.45) is 0 Å². The van der Waals surface area contributed by atoms with Crippen molar-refractivity contribution >= 4 is 25.4 Å². The van der Waals surface area contributed by atoms with Gasteiger partial charge in [-0.2, -0.15) is 0 Å². The predicted molar refractivity (Wildman–Crippen MR) is 66.4 cm³/mol. The van der Waals surface area contributed by atoms with Crippen LogP contribution >= 0.6 is 10.7 Å². The van der Waals surface area contributed by atoms with Gasteiger partial charge in [0, 0.05) is 29.5 Å². The summed E-state index contributed by atoms with van der Waals surface area (Å²) in [5.41, 5.74) is 1.84. The van der Waals surface area contributed by atoms with Gasteiger partial charge in [0.05, 0.1) is 5.75 Å². The minimum absolute atomic E-state index is 0.101. The fourth-order valence-corrected chi connectivity index (χ4v) is 2.97. The smallest absolute Gasteiger partial charge is 0.236 e. The molecule has 0 unspecified atom stereocenters. The maximum Gasteiger partial charge on any atom is 0.236 e. The highest BCUT2D eigenvalue weighted by Gasteiger charge is 2.13. The molecule has 3 nitrogen and oxygen atoms in total. The molecule has 1 aromatic carbocycles. The summed E-state index contributed by atoms with van der Waals surface area (Å²) in [7, 11) is 1.77. The van der Waals surface area contributed by atoms with Gasteiger partial charge in [0.15, 0.2) is 0 Å². The van der Waals surface area contributed by atoms with Crippen molar-refractivity contribution in [1.82, 2.24) is 0 Å². The van der Waals surface area contributed by atoms with Crippen LogP contribution in [0.4, 0.5) is 5.69 Å². The molecule has 0 bridgehead atoms. The van der Waals surface area contributed by atoms with Gasteiger partial charge in [-0.25, -0.2) is 8.42 Å². The Labute approximate surface area is 100 Å². The van der Waals surface area contributed by atoms with Crippen molar-refractivity contribution in [1.29, 1.82) is 0 Å². The largest absolute Gasteiger partial charge is 0.372 e. The SMILES string of the molecule is O=S(=O)(Cl)Cc1cccc(N2CCCC2)c1. The Hall–Kier alpha value is -0.740. The third-order valence-electron chi connectivity index (χ3n) is 2.72. The molecule has 1 saturated heterocycles. The standard InChI is InChI=1S/C11H14ClNO2S/c12-16(14,15)9-10-4-3-5-11(8-10)13-6-1-2-7-13/h3-5,8H,1-2,6-7,9H2. The summed E-state index contributed by atoms with van der Waals surface area (Å²) in [4.78, 5) is 2.27. The number of anilines is 1. The van der Waals surface area contributed by atoms with E-state index in [1.54, 1.807) is 6.07 Å². The van der Waals surface area contributed by atoms with Crippen LogP contribution in [0.15, 0.2) is 24.3 Å². The molecule has 0 aromatic heterocycles. The predicted octanol–water partition coefficient (Wildman–Crippen LogP) is 2.36. The molecule has 5 heteroatoms. The molecular formula is C11H14ClNO2S. The molecule has 0 saturated carbocycles. The van der Waals surface area contributed by atoms with Crippen molar-refractivity contribution in [3.05, 3.63) is 29.8 Å². The molecule has 16 heavy (non-hydrogen) atoms. The summed E-state index contributed by atoms with van der Waals surface area (Å²) in [5, 5.41) is 0. The molecular weight excluding hydrogens is 246 g/mol. The zero-order valence-electron chi connectivity index (χ0n) is 8.89. The summed E-state index contributed by atoms with van der Waals surface area (Å²) in [6.07, 6.45) is 2.41. The van der Waals surface area contributed by atoms with E-state index in [2.05, 4.69) is 4.90 Å². The molecule has 2 rings (SSSR count). The summed E-state index contributed by atoms with van der Waals surface area (Å²) >= 11 is 0. The van der Waals surface area contributed by atoms with Crippen LogP contribution in [-0.2, 0) is 14.8 Å². The Morgan fingerprint density at radius 2 is 1.94 bits per heavy atom. The zero-order valence-corrected chi connectivity index (χ0v) is 10.5. The van der Waals surface area contributed by atoms with E-state index >= 15 is 0 Å². The molecule has 0 radical (unpaired) electrons. The normalized spacial score (nSPS) is 16.7. The third-order valence-corrected chi connectivity index (χ3v) is 3.73. The molecule has 1 fully saturated rings. The first-order valence-electron chi connectivity index (χ1n) is 5.31. The minimum Gasteiger partial charge on any atom is -0.372 e. The van der Waals surface area contributed by atoms with Gasteiger partial charge in [0.2, 0.25) is 9.05 Å². The number of hydrogen-bond donors (Lipinski definition) is 0. The second-order valence-electron chi connectivity index (χ2n) is 4.05. The summed E-state index contributed by atoms with van der Waals surface area (Å²) in [5.74, 6) is -0.101. The van der Waals surface area contributed by atoms with Crippen LogP contribution in [0.2, 0.25) is 0 Å². The number of halogens is 1. The Kier molecular flexibility index (Phi) is 3.40. The van der Waals surface area contributed by atoms with Gasteiger partial charge in [-0.15, -0.1) is 0 Å². The lowest BCUT2D eigenvalue weighted by Gasteiger charge is -2.18. The maximum absolute atomic E-state index is 11.0. The highest BCUT2D eigenvalue weighted by molar-refractivity contribution is 8.13.